The van der Waals surface area contributed by atoms with Crippen LogP contribution in [0.5, 0.6) is 23.0 Å². The molecule has 0 radical (unpaired) electrons. The first-order chi connectivity index (χ1) is 13.7. The van der Waals surface area contributed by atoms with E-state index >= 15 is 0 Å². The summed E-state index contributed by atoms with van der Waals surface area (Å²) < 4.78 is 22.4. The number of methoxy groups -OCH3 is 4. The number of nitrogens with zero attached hydrogens (tertiary/aromatic N) is 1. The van der Waals surface area contributed by atoms with Gasteiger partial charge in [0.15, 0.2) is 23.0 Å². The third-order valence-corrected chi connectivity index (χ3v) is 6.02. The highest BCUT2D eigenvalue weighted by atomic mass is 35.5. The summed E-state index contributed by atoms with van der Waals surface area (Å²) in [5.41, 5.74) is 6.89. The normalized spacial score (nSPS) is 15.2. The maximum atomic E-state index is 5.84. The molecule has 0 amide bonds. The highest BCUT2D eigenvalue weighted by molar-refractivity contribution is 5.85. The fourth-order valence-electron chi connectivity index (χ4n) is 4.77. The summed E-state index contributed by atoms with van der Waals surface area (Å²) in [4.78, 5) is 2.47. The Labute approximate surface area is 179 Å². The average Bonchev–Trinajstić information content (AvgIpc) is 3.22. The van der Waals surface area contributed by atoms with Crippen molar-refractivity contribution >= 4 is 12.4 Å². The standard InChI is InChI=1S/C23H29NO4.ClH/c1-25-20-9-8-15(12-21(20)26-2)13-24-11-10-17-16-6-5-7-18(16)22(27-3)23(28-4)19(17)14-24;/h8-9,12H,5-7,10-11,13-14H2,1-4H3;1H. The van der Waals surface area contributed by atoms with Gasteiger partial charge in [-0.15, -0.1) is 12.4 Å². The molecule has 0 bridgehead atoms. The van der Waals surface area contributed by atoms with Crippen LogP contribution in [0.2, 0.25) is 0 Å². The summed E-state index contributed by atoms with van der Waals surface area (Å²) in [6.07, 6.45) is 4.52. The van der Waals surface area contributed by atoms with E-state index in [4.69, 9.17) is 18.9 Å². The molecular weight excluding hydrogens is 390 g/mol. The summed E-state index contributed by atoms with van der Waals surface area (Å²) in [5, 5.41) is 0. The topological polar surface area (TPSA) is 40.2 Å². The average molecular weight is 420 g/mol. The van der Waals surface area contributed by atoms with Crippen LogP contribution in [0.15, 0.2) is 18.2 Å². The fraction of sp³-hybridized carbons (Fsp3) is 0.478. The number of hydrogen-bond donors (Lipinski definition) is 0. The van der Waals surface area contributed by atoms with Gasteiger partial charge in [0.1, 0.15) is 0 Å². The Bertz CT molecular complexity index is 884. The Morgan fingerprint density at radius 3 is 2.10 bits per heavy atom. The molecule has 2 aromatic carbocycles. The van der Waals surface area contributed by atoms with E-state index in [0.717, 1.165) is 61.9 Å². The smallest absolute Gasteiger partial charge is 0.165 e. The molecule has 0 aromatic heterocycles. The molecule has 1 aliphatic carbocycles. The predicted molar refractivity (Wildman–Crippen MR) is 116 cm³/mol. The minimum Gasteiger partial charge on any atom is -0.493 e. The van der Waals surface area contributed by atoms with E-state index in [2.05, 4.69) is 17.0 Å². The first kappa shape index (κ1) is 21.6. The van der Waals surface area contributed by atoms with Crippen LogP contribution in [0, 0.1) is 0 Å². The third-order valence-electron chi connectivity index (χ3n) is 6.02. The van der Waals surface area contributed by atoms with Crippen molar-refractivity contribution in [3.8, 4) is 23.0 Å². The second-order valence-corrected chi connectivity index (χ2v) is 7.48. The molecule has 2 aromatic rings. The second kappa shape index (κ2) is 9.14. The Balaban J connectivity index is 0.00000240. The minimum absolute atomic E-state index is 0. The van der Waals surface area contributed by atoms with Crippen molar-refractivity contribution < 1.29 is 18.9 Å². The first-order valence-electron chi connectivity index (χ1n) is 9.90. The largest absolute Gasteiger partial charge is 0.493 e. The van der Waals surface area contributed by atoms with Crippen LogP contribution in [-0.4, -0.2) is 39.9 Å². The number of ether oxygens (including phenoxy) is 4. The summed E-state index contributed by atoms with van der Waals surface area (Å²) in [7, 11) is 6.85. The van der Waals surface area contributed by atoms with Crippen LogP contribution >= 0.6 is 12.4 Å². The van der Waals surface area contributed by atoms with Gasteiger partial charge in [0.2, 0.25) is 0 Å². The zero-order valence-electron chi connectivity index (χ0n) is 17.7. The van der Waals surface area contributed by atoms with Gasteiger partial charge in [-0.1, -0.05) is 6.07 Å². The summed E-state index contributed by atoms with van der Waals surface area (Å²) >= 11 is 0. The van der Waals surface area contributed by atoms with Crippen LogP contribution < -0.4 is 18.9 Å². The van der Waals surface area contributed by atoms with Gasteiger partial charge >= 0.3 is 0 Å². The van der Waals surface area contributed by atoms with Crippen LogP contribution in [0.1, 0.15) is 34.2 Å². The number of benzene rings is 2. The maximum Gasteiger partial charge on any atom is 0.165 e. The predicted octanol–water partition coefficient (Wildman–Crippen LogP) is 4.19. The molecule has 29 heavy (non-hydrogen) atoms. The van der Waals surface area contributed by atoms with Crippen LogP contribution in [0.3, 0.4) is 0 Å². The Hall–Kier alpha value is -2.11. The summed E-state index contributed by atoms with van der Waals surface area (Å²) in [6.45, 7) is 2.78. The lowest BCUT2D eigenvalue weighted by Gasteiger charge is -2.32. The molecule has 6 heteroatoms. The van der Waals surface area contributed by atoms with E-state index < -0.39 is 0 Å². The fourth-order valence-corrected chi connectivity index (χ4v) is 4.77. The van der Waals surface area contributed by atoms with Crippen LogP contribution in [0.4, 0.5) is 0 Å². The van der Waals surface area contributed by atoms with Gasteiger partial charge < -0.3 is 18.9 Å². The highest BCUT2D eigenvalue weighted by Crippen LogP contribution is 2.46. The molecule has 0 saturated heterocycles. The second-order valence-electron chi connectivity index (χ2n) is 7.48. The van der Waals surface area contributed by atoms with E-state index in [9.17, 15) is 0 Å². The molecule has 0 N–H and O–H groups in total. The molecule has 0 fully saturated rings. The number of halogens is 1. The van der Waals surface area contributed by atoms with Crippen molar-refractivity contribution in [3.05, 3.63) is 46.0 Å². The van der Waals surface area contributed by atoms with Crippen LogP contribution in [-0.2, 0) is 32.4 Å². The molecule has 1 aliphatic heterocycles. The quantitative estimate of drug-likeness (QED) is 0.702. The van der Waals surface area contributed by atoms with E-state index in [1.165, 1.54) is 34.2 Å². The lowest BCUT2D eigenvalue weighted by molar-refractivity contribution is 0.237. The molecular formula is C23H30ClNO4. The summed E-state index contributed by atoms with van der Waals surface area (Å²) in [6, 6.07) is 6.15. The van der Waals surface area contributed by atoms with E-state index in [1.54, 1.807) is 28.4 Å². The van der Waals surface area contributed by atoms with Crippen molar-refractivity contribution in [3.63, 3.8) is 0 Å². The van der Waals surface area contributed by atoms with Crippen molar-refractivity contribution in [2.24, 2.45) is 0 Å². The lowest BCUT2D eigenvalue weighted by atomic mass is 9.90. The molecule has 0 saturated carbocycles. The Morgan fingerprint density at radius 2 is 1.41 bits per heavy atom. The van der Waals surface area contributed by atoms with E-state index in [1.807, 2.05) is 6.07 Å². The molecule has 1 heterocycles. The van der Waals surface area contributed by atoms with Crippen molar-refractivity contribution in [2.45, 2.75) is 38.8 Å². The van der Waals surface area contributed by atoms with Crippen molar-refractivity contribution in [2.75, 3.05) is 35.0 Å². The van der Waals surface area contributed by atoms with Gasteiger partial charge in [0, 0.05) is 30.8 Å². The number of hydrogen-bond acceptors (Lipinski definition) is 5. The first-order valence-corrected chi connectivity index (χ1v) is 9.90. The third kappa shape index (κ3) is 3.86. The van der Waals surface area contributed by atoms with Gasteiger partial charge in [-0.2, -0.15) is 0 Å². The number of rotatable bonds is 6. The summed E-state index contributed by atoms with van der Waals surface area (Å²) in [5.74, 6) is 3.41. The Morgan fingerprint density at radius 1 is 0.759 bits per heavy atom. The SMILES string of the molecule is COc1ccc(CN2CCc3c4c(c(OC)c(OC)c3C2)CCC4)cc1OC.Cl. The maximum absolute atomic E-state index is 5.84. The molecule has 0 atom stereocenters. The molecule has 0 unspecified atom stereocenters. The van der Waals surface area contributed by atoms with Gasteiger partial charge in [-0.3, -0.25) is 4.90 Å². The van der Waals surface area contributed by atoms with Gasteiger partial charge in [0.25, 0.3) is 0 Å². The van der Waals surface area contributed by atoms with Gasteiger partial charge in [-0.25, -0.2) is 0 Å². The van der Waals surface area contributed by atoms with Crippen molar-refractivity contribution in [1.82, 2.24) is 4.90 Å². The zero-order valence-corrected chi connectivity index (χ0v) is 18.5. The van der Waals surface area contributed by atoms with Gasteiger partial charge in [0.05, 0.1) is 28.4 Å². The van der Waals surface area contributed by atoms with E-state index in [0.29, 0.717) is 0 Å². The zero-order chi connectivity index (χ0) is 19.7. The van der Waals surface area contributed by atoms with Gasteiger partial charge in [-0.05, 0) is 54.5 Å². The highest BCUT2D eigenvalue weighted by Gasteiger charge is 2.31. The minimum atomic E-state index is 0. The lowest BCUT2D eigenvalue weighted by Crippen LogP contribution is -2.31. The monoisotopic (exact) mass is 419 g/mol. The number of fused-ring (bicyclic) bond motifs is 3. The van der Waals surface area contributed by atoms with Crippen LogP contribution in [0.25, 0.3) is 0 Å². The Kier molecular flexibility index (Phi) is 6.81. The molecule has 0 spiro atoms. The van der Waals surface area contributed by atoms with Crippen molar-refractivity contribution in [1.29, 1.82) is 0 Å². The molecule has 5 nitrogen and oxygen atoms in total. The molecule has 2 aliphatic rings. The van der Waals surface area contributed by atoms with E-state index in [-0.39, 0.29) is 12.4 Å². The molecule has 158 valence electrons. The molecule has 4 rings (SSSR count).